The van der Waals surface area contributed by atoms with Gasteiger partial charge in [0.05, 0.1) is 29.1 Å². The van der Waals surface area contributed by atoms with Gasteiger partial charge in [0.25, 0.3) is 0 Å². The third-order valence-electron chi connectivity index (χ3n) is 6.35. The number of nitrogens with one attached hydrogen (secondary N) is 1. The number of hydrogen-bond donors (Lipinski definition) is 2. The molecule has 32 heavy (non-hydrogen) atoms. The van der Waals surface area contributed by atoms with E-state index in [9.17, 15) is 10.4 Å². The Kier molecular flexibility index (Phi) is 5.94. The highest BCUT2D eigenvalue weighted by Crippen LogP contribution is 2.37. The Labute approximate surface area is 198 Å². The second-order valence-corrected chi connectivity index (χ2v) is 8.67. The third kappa shape index (κ3) is 3.97. The SMILES string of the molecule is Cl.Cl.N#Cc1cnn2cc(OCC3(O)CC3)cc(-c3ccc(N4CC5CC(C4)N5)nc3)c12. The minimum Gasteiger partial charge on any atom is -0.489 e. The molecule has 3 aromatic heterocycles. The van der Waals surface area contributed by atoms with Crippen LogP contribution in [0.2, 0.25) is 0 Å². The number of ether oxygens (including phenoxy) is 1. The summed E-state index contributed by atoms with van der Waals surface area (Å²) >= 11 is 0. The van der Waals surface area contributed by atoms with E-state index < -0.39 is 5.60 Å². The molecule has 4 fully saturated rings. The summed E-state index contributed by atoms with van der Waals surface area (Å²) in [5.41, 5.74) is 2.27. The van der Waals surface area contributed by atoms with Gasteiger partial charge in [0, 0.05) is 42.5 Å². The van der Waals surface area contributed by atoms with Crippen molar-refractivity contribution in [2.45, 2.75) is 36.9 Å². The quantitative estimate of drug-likeness (QED) is 0.585. The number of fused-ring (bicyclic) bond motifs is 3. The molecule has 7 rings (SSSR count). The minimum atomic E-state index is -0.704. The molecule has 3 aliphatic heterocycles. The van der Waals surface area contributed by atoms with Crippen LogP contribution in [0.15, 0.2) is 36.8 Å². The number of aromatic nitrogens is 3. The Balaban J connectivity index is 0.00000122. The Bertz CT molecular complexity index is 1160. The molecule has 0 amide bonds. The summed E-state index contributed by atoms with van der Waals surface area (Å²) in [7, 11) is 0. The van der Waals surface area contributed by atoms with Crippen molar-refractivity contribution in [3.8, 4) is 22.9 Å². The zero-order valence-electron chi connectivity index (χ0n) is 17.3. The number of piperidine rings is 1. The maximum Gasteiger partial charge on any atom is 0.138 e. The van der Waals surface area contributed by atoms with Gasteiger partial charge in [-0.25, -0.2) is 9.50 Å². The van der Waals surface area contributed by atoms with Crippen molar-refractivity contribution in [2.24, 2.45) is 0 Å². The van der Waals surface area contributed by atoms with Crippen LogP contribution < -0.4 is 15.0 Å². The Morgan fingerprint density at radius 2 is 1.97 bits per heavy atom. The predicted octanol–water partition coefficient (Wildman–Crippen LogP) is 2.57. The van der Waals surface area contributed by atoms with Gasteiger partial charge in [-0.05, 0) is 37.5 Å². The minimum absolute atomic E-state index is 0. The molecule has 2 unspecified atom stereocenters. The van der Waals surface area contributed by atoms with E-state index >= 15 is 0 Å². The molecule has 4 aliphatic rings. The number of aliphatic hydroxyl groups is 1. The molecule has 2 atom stereocenters. The fourth-order valence-corrected chi connectivity index (χ4v) is 4.42. The fraction of sp³-hybridized carbons (Fsp3) is 0.409. The van der Waals surface area contributed by atoms with E-state index in [1.807, 2.05) is 24.4 Å². The van der Waals surface area contributed by atoms with Gasteiger partial charge in [-0.1, -0.05) is 0 Å². The summed E-state index contributed by atoms with van der Waals surface area (Å²) in [4.78, 5) is 7.03. The molecule has 10 heteroatoms. The molecule has 0 aromatic carbocycles. The maximum absolute atomic E-state index is 10.1. The van der Waals surface area contributed by atoms with E-state index in [1.54, 1.807) is 16.9 Å². The summed E-state index contributed by atoms with van der Waals surface area (Å²) in [5, 5.41) is 27.5. The Hall–Kier alpha value is -2.57. The van der Waals surface area contributed by atoms with Crippen molar-refractivity contribution in [2.75, 3.05) is 24.6 Å². The summed E-state index contributed by atoms with van der Waals surface area (Å²) in [5.74, 6) is 1.58. The van der Waals surface area contributed by atoms with Gasteiger partial charge in [-0.15, -0.1) is 24.8 Å². The predicted molar refractivity (Wildman–Crippen MR) is 125 cm³/mol. The van der Waals surface area contributed by atoms with E-state index in [0.717, 1.165) is 48.4 Å². The Morgan fingerprint density at radius 3 is 2.59 bits per heavy atom. The van der Waals surface area contributed by atoms with E-state index in [-0.39, 0.29) is 31.4 Å². The zero-order chi connectivity index (χ0) is 20.3. The molecule has 6 heterocycles. The molecule has 2 bridgehead atoms. The van der Waals surface area contributed by atoms with E-state index in [2.05, 4.69) is 21.4 Å². The standard InChI is InChI=1S/C22H22N6O2.2ClH/c23-7-15-9-25-28-12-18(30-13-22(29)3-4-22)6-19(21(15)28)14-1-2-20(24-8-14)27-10-16-5-17(11-27)26-16;;/h1-2,6,8-9,12,16-17,26,29H,3-5,10-11,13H2;2*1H. The molecule has 168 valence electrons. The lowest BCUT2D eigenvalue weighted by molar-refractivity contribution is 0.0854. The summed E-state index contributed by atoms with van der Waals surface area (Å²) in [6.07, 6.45) is 7.95. The van der Waals surface area contributed by atoms with Crippen LogP contribution in [0, 0.1) is 11.3 Å². The number of rotatable bonds is 5. The largest absolute Gasteiger partial charge is 0.489 e. The molecule has 2 N–H and O–H groups in total. The van der Waals surface area contributed by atoms with Crippen molar-refractivity contribution in [3.63, 3.8) is 0 Å². The first-order valence-corrected chi connectivity index (χ1v) is 10.3. The monoisotopic (exact) mass is 474 g/mol. The van der Waals surface area contributed by atoms with Crippen LogP contribution in [-0.2, 0) is 0 Å². The van der Waals surface area contributed by atoms with E-state index in [4.69, 9.17) is 9.72 Å². The first-order chi connectivity index (χ1) is 14.6. The van der Waals surface area contributed by atoms with Crippen LogP contribution in [0.25, 0.3) is 16.6 Å². The normalized spacial score (nSPS) is 22.2. The van der Waals surface area contributed by atoms with Crippen LogP contribution in [0.1, 0.15) is 24.8 Å². The highest BCUT2D eigenvalue weighted by molar-refractivity contribution is 5.86. The topological polar surface area (TPSA) is 98.7 Å². The maximum atomic E-state index is 10.1. The van der Waals surface area contributed by atoms with Gasteiger partial charge in [-0.2, -0.15) is 10.4 Å². The number of pyridine rings is 2. The average molecular weight is 475 g/mol. The number of halogens is 2. The average Bonchev–Trinajstić information content (AvgIpc) is 3.35. The summed E-state index contributed by atoms with van der Waals surface area (Å²) in [6, 6.07) is 9.35. The fourth-order valence-electron chi connectivity index (χ4n) is 4.42. The molecule has 3 aromatic rings. The number of nitrogens with zero attached hydrogens (tertiary/aromatic N) is 5. The van der Waals surface area contributed by atoms with E-state index in [1.165, 1.54) is 6.42 Å². The molecule has 1 aliphatic carbocycles. The van der Waals surface area contributed by atoms with Gasteiger partial charge in [0.1, 0.15) is 24.2 Å². The number of anilines is 1. The van der Waals surface area contributed by atoms with Crippen LogP contribution in [0.5, 0.6) is 5.75 Å². The van der Waals surface area contributed by atoms with Crippen molar-refractivity contribution >= 4 is 36.1 Å². The molecule has 0 spiro atoms. The van der Waals surface area contributed by atoms with Crippen molar-refractivity contribution < 1.29 is 9.84 Å². The van der Waals surface area contributed by atoms with Crippen molar-refractivity contribution in [1.29, 1.82) is 5.26 Å². The molecule has 3 saturated heterocycles. The molecular weight excluding hydrogens is 451 g/mol. The molecule has 8 nitrogen and oxygen atoms in total. The second-order valence-electron chi connectivity index (χ2n) is 8.67. The third-order valence-corrected chi connectivity index (χ3v) is 6.35. The van der Waals surface area contributed by atoms with Crippen LogP contribution in [-0.4, -0.2) is 57.1 Å². The zero-order valence-corrected chi connectivity index (χ0v) is 18.9. The molecule has 0 radical (unpaired) electrons. The highest BCUT2D eigenvalue weighted by atomic mass is 35.5. The van der Waals surface area contributed by atoms with Crippen molar-refractivity contribution in [1.82, 2.24) is 19.9 Å². The Morgan fingerprint density at radius 1 is 1.22 bits per heavy atom. The van der Waals surface area contributed by atoms with Crippen LogP contribution in [0.4, 0.5) is 5.82 Å². The lowest BCUT2D eigenvalue weighted by Crippen LogP contribution is -2.67. The highest BCUT2D eigenvalue weighted by Gasteiger charge is 2.41. The van der Waals surface area contributed by atoms with Gasteiger partial charge in [-0.3, -0.25) is 0 Å². The van der Waals surface area contributed by atoms with Gasteiger partial charge in [0.15, 0.2) is 0 Å². The number of piperazine rings is 1. The first-order valence-electron chi connectivity index (χ1n) is 10.3. The van der Waals surface area contributed by atoms with Crippen LogP contribution in [0.3, 0.4) is 0 Å². The first kappa shape index (κ1) is 22.6. The van der Waals surface area contributed by atoms with Crippen LogP contribution >= 0.6 is 24.8 Å². The van der Waals surface area contributed by atoms with Gasteiger partial charge >= 0.3 is 0 Å². The summed E-state index contributed by atoms with van der Waals surface area (Å²) in [6.45, 7) is 2.23. The van der Waals surface area contributed by atoms with Gasteiger partial charge in [0.2, 0.25) is 0 Å². The molecular formula is C22H24Cl2N6O2. The molecule has 1 saturated carbocycles. The lowest BCUT2D eigenvalue weighted by atomic mass is 9.91. The van der Waals surface area contributed by atoms with Gasteiger partial charge < -0.3 is 20.1 Å². The smallest absolute Gasteiger partial charge is 0.138 e. The summed E-state index contributed by atoms with van der Waals surface area (Å²) < 4.78 is 7.52. The van der Waals surface area contributed by atoms with Crippen molar-refractivity contribution in [3.05, 3.63) is 42.4 Å². The van der Waals surface area contributed by atoms with E-state index in [0.29, 0.717) is 23.4 Å². The number of nitriles is 1. The second kappa shape index (κ2) is 8.41. The number of hydrogen-bond acceptors (Lipinski definition) is 7. The lowest BCUT2D eigenvalue weighted by Gasteiger charge is -2.48.